The smallest absolute Gasteiger partial charge is 0.260 e. The van der Waals surface area contributed by atoms with Crippen LogP contribution in [0.1, 0.15) is 33.1 Å². The summed E-state index contributed by atoms with van der Waals surface area (Å²) in [5.41, 5.74) is 6.32. The highest BCUT2D eigenvalue weighted by molar-refractivity contribution is 5.78. The molecule has 2 N–H and O–H groups in total. The lowest BCUT2D eigenvalue weighted by molar-refractivity contribution is -0.139. The van der Waals surface area contributed by atoms with Gasteiger partial charge in [0, 0.05) is 23.8 Å². The maximum absolute atomic E-state index is 12.2. The minimum atomic E-state index is 0.0575. The number of nitrogens with two attached hydrogens (primary N) is 1. The molecule has 1 aromatic carbocycles. The SMILES string of the molecule is CC1CCCC(C)N1C(=O)COc1cccc(N)c1. The molecule has 2 rings (SSSR count). The van der Waals surface area contributed by atoms with Gasteiger partial charge in [0.1, 0.15) is 5.75 Å². The Bertz CT molecular complexity index is 438. The van der Waals surface area contributed by atoms with Crippen molar-refractivity contribution in [3.8, 4) is 5.75 Å². The van der Waals surface area contributed by atoms with Crippen LogP contribution in [-0.4, -0.2) is 29.5 Å². The van der Waals surface area contributed by atoms with Gasteiger partial charge < -0.3 is 15.4 Å². The second-order valence-corrected chi connectivity index (χ2v) is 5.29. The molecule has 0 radical (unpaired) electrons. The number of piperidine rings is 1. The summed E-state index contributed by atoms with van der Waals surface area (Å²) in [6.07, 6.45) is 3.35. The predicted octanol–water partition coefficient (Wildman–Crippen LogP) is 2.44. The first-order chi connectivity index (χ1) is 9.08. The summed E-state index contributed by atoms with van der Waals surface area (Å²) >= 11 is 0. The Hall–Kier alpha value is -1.71. The topological polar surface area (TPSA) is 55.6 Å². The van der Waals surface area contributed by atoms with Gasteiger partial charge in [-0.2, -0.15) is 0 Å². The lowest BCUT2D eigenvalue weighted by atomic mass is 9.97. The van der Waals surface area contributed by atoms with Gasteiger partial charge >= 0.3 is 0 Å². The Morgan fingerprint density at radius 3 is 2.68 bits per heavy atom. The highest BCUT2D eigenvalue weighted by Gasteiger charge is 2.28. The Morgan fingerprint density at radius 1 is 1.37 bits per heavy atom. The normalized spacial score (nSPS) is 23.2. The van der Waals surface area contributed by atoms with Crippen molar-refractivity contribution in [2.24, 2.45) is 0 Å². The van der Waals surface area contributed by atoms with Gasteiger partial charge in [-0.15, -0.1) is 0 Å². The van der Waals surface area contributed by atoms with Crippen LogP contribution in [0.3, 0.4) is 0 Å². The number of nitrogens with zero attached hydrogens (tertiary/aromatic N) is 1. The van der Waals surface area contributed by atoms with Crippen LogP contribution in [0.25, 0.3) is 0 Å². The van der Waals surface area contributed by atoms with E-state index in [-0.39, 0.29) is 12.5 Å². The van der Waals surface area contributed by atoms with Crippen LogP contribution >= 0.6 is 0 Å². The van der Waals surface area contributed by atoms with Crippen molar-refractivity contribution in [3.05, 3.63) is 24.3 Å². The average molecular weight is 262 g/mol. The molecule has 0 aliphatic carbocycles. The summed E-state index contributed by atoms with van der Waals surface area (Å²) in [6, 6.07) is 7.77. The fourth-order valence-electron chi connectivity index (χ4n) is 2.74. The zero-order chi connectivity index (χ0) is 13.8. The lowest BCUT2D eigenvalue weighted by Gasteiger charge is -2.38. The molecule has 4 heteroatoms. The summed E-state index contributed by atoms with van der Waals surface area (Å²) in [6.45, 7) is 4.29. The van der Waals surface area contributed by atoms with E-state index in [2.05, 4.69) is 13.8 Å². The number of nitrogen functional groups attached to an aromatic ring is 1. The maximum Gasteiger partial charge on any atom is 0.260 e. The van der Waals surface area contributed by atoms with Crippen molar-refractivity contribution in [2.75, 3.05) is 12.3 Å². The van der Waals surface area contributed by atoms with Crippen LogP contribution in [0.2, 0.25) is 0 Å². The fraction of sp³-hybridized carbons (Fsp3) is 0.533. The second kappa shape index (κ2) is 5.95. The molecule has 1 aliphatic heterocycles. The predicted molar refractivity (Wildman–Crippen MR) is 76.0 cm³/mol. The van der Waals surface area contributed by atoms with E-state index in [9.17, 15) is 4.79 Å². The molecule has 0 saturated carbocycles. The van der Waals surface area contributed by atoms with Crippen molar-refractivity contribution < 1.29 is 9.53 Å². The molecule has 1 heterocycles. The van der Waals surface area contributed by atoms with Crippen molar-refractivity contribution in [3.63, 3.8) is 0 Å². The number of hydrogen-bond donors (Lipinski definition) is 1. The number of likely N-dealkylation sites (tertiary alicyclic amines) is 1. The summed E-state index contributed by atoms with van der Waals surface area (Å²) in [5.74, 6) is 0.702. The number of anilines is 1. The van der Waals surface area contributed by atoms with Crippen LogP contribution in [0.5, 0.6) is 5.75 Å². The summed E-state index contributed by atoms with van der Waals surface area (Å²) in [7, 11) is 0. The van der Waals surface area contributed by atoms with E-state index < -0.39 is 0 Å². The molecule has 4 nitrogen and oxygen atoms in total. The zero-order valence-corrected chi connectivity index (χ0v) is 11.6. The Kier molecular flexibility index (Phi) is 4.30. The molecular formula is C15H22N2O2. The Balaban J connectivity index is 1.93. The van der Waals surface area contributed by atoms with Gasteiger partial charge in [0.2, 0.25) is 0 Å². The van der Waals surface area contributed by atoms with E-state index in [0.717, 1.165) is 12.8 Å². The molecule has 19 heavy (non-hydrogen) atoms. The summed E-state index contributed by atoms with van der Waals surface area (Å²) in [5, 5.41) is 0. The molecule has 0 spiro atoms. The van der Waals surface area contributed by atoms with E-state index >= 15 is 0 Å². The Morgan fingerprint density at radius 2 is 2.05 bits per heavy atom. The second-order valence-electron chi connectivity index (χ2n) is 5.29. The maximum atomic E-state index is 12.2. The monoisotopic (exact) mass is 262 g/mol. The van der Waals surface area contributed by atoms with Gasteiger partial charge in [-0.3, -0.25) is 4.79 Å². The number of hydrogen-bond acceptors (Lipinski definition) is 3. The Labute approximate surface area is 114 Å². The first-order valence-electron chi connectivity index (χ1n) is 6.87. The molecule has 2 atom stereocenters. The van der Waals surface area contributed by atoms with Crippen LogP contribution in [0.15, 0.2) is 24.3 Å². The standard InChI is InChI=1S/C15H22N2O2/c1-11-5-3-6-12(2)17(11)15(18)10-19-14-8-4-7-13(16)9-14/h4,7-9,11-12H,3,5-6,10,16H2,1-2H3. The summed E-state index contributed by atoms with van der Waals surface area (Å²) < 4.78 is 5.53. The van der Waals surface area contributed by atoms with Gasteiger partial charge in [-0.05, 0) is 45.2 Å². The van der Waals surface area contributed by atoms with E-state index in [1.165, 1.54) is 6.42 Å². The van der Waals surface area contributed by atoms with Crippen LogP contribution in [0.4, 0.5) is 5.69 Å². The molecule has 1 amide bonds. The van der Waals surface area contributed by atoms with Gasteiger partial charge in [-0.25, -0.2) is 0 Å². The third-order valence-electron chi connectivity index (χ3n) is 3.70. The zero-order valence-electron chi connectivity index (χ0n) is 11.6. The summed E-state index contributed by atoms with van der Waals surface area (Å²) in [4.78, 5) is 14.2. The molecule has 1 aromatic rings. The third-order valence-corrected chi connectivity index (χ3v) is 3.70. The first-order valence-corrected chi connectivity index (χ1v) is 6.87. The van der Waals surface area contributed by atoms with E-state index in [1.54, 1.807) is 12.1 Å². The number of benzene rings is 1. The highest BCUT2D eigenvalue weighted by Crippen LogP contribution is 2.23. The first kappa shape index (κ1) is 13.7. The van der Waals surface area contributed by atoms with E-state index in [1.807, 2.05) is 17.0 Å². The molecule has 104 valence electrons. The number of carbonyl (C=O) groups is 1. The molecule has 0 bridgehead atoms. The highest BCUT2D eigenvalue weighted by atomic mass is 16.5. The van der Waals surface area contributed by atoms with Gasteiger partial charge in [0.05, 0.1) is 0 Å². The minimum Gasteiger partial charge on any atom is -0.484 e. The van der Waals surface area contributed by atoms with E-state index in [0.29, 0.717) is 23.5 Å². The van der Waals surface area contributed by atoms with E-state index in [4.69, 9.17) is 10.5 Å². The van der Waals surface area contributed by atoms with Crippen LogP contribution in [-0.2, 0) is 4.79 Å². The van der Waals surface area contributed by atoms with Crippen molar-refractivity contribution in [1.82, 2.24) is 4.90 Å². The molecule has 1 aliphatic rings. The minimum absolute atomic E-state index is 0.0575. The van der Waals surface area contributed by atoms with Crippen molar-refractivity contribution in [1.29, 1.82) is 0 Å². The van der Waals surface area contributed by atoms with Crippen LogP contribution < -0.4 is 10.5 Å². The van der Waals surface area contributed by atoms with Crippen LogP contribution in [0, 0.1) is 0 Å². The molecule has 1 fully saturated rings. The largest absolute Gasteiger partial charge is 0.484 e. The number of rotatable bonds is 3. The lowest BCUT2D eigenvalue weighted by Crippen LogP contribution is -2.49. The van der Waals surface area contributed by atoms with Crippen molar-refractivity contribution in [2.45, 2.75) is 45.2 Å². The number of amides is 1. The fourth-order valence-corrected chi connectivity index (χ4v) is 2.74. The van der Waals surface area contributed by atoms with Crippen molar-refractivity contribution >= 4 is 11.6 Å². The van der Waals surface area contributed by atoms with Gasteiger partial charge in [-0.1, -0.05) is 6.07 Å². The molecular weight excluding hydrogens is 240 g/mol. The molecule has 0 aromatic heterocycles. The third kappa shape index (κ3) is 3.40. The van der Waals surface area contributed by atoms with Gasteiger partial charge in [0.25, 0.3) is 5.91 Å². The average Bonchev–Trinajstić information content (AvgIpc) is 2.36. The molecule has 1 saturated heterocycles. The quantitative estimate of drug-likeness (QED) is 0.851. The molecule has 2 unspecified atom stereocenters. The number of ether oxygens (including phenoxy) is 1. The van der Waals surface area contributed by atoms with Gasteiger partial charge in [0.15, 0.2) is 6.61 Å². The number of carbonyl (C=O) groups excluding carboxylic acids is 1.